The highest BCUT2D eigenvalue weighted by Gasteiger charge is 2.05. The minimum absolute atomic E-state index is 0.273. The molecule has 0 radical (unpaired) electrons. The van der Waals surface area contributed by atoms with Crippen LogP contribution in [0.3, 0.4) is 0 Å². The Morgan fingerprint density at radius 2 is 1.90 bits per heavy atom. The maximum Gasteiger partial charge on any atom is 0.139 e. The smallest absolute Gasteiger partial charge is 0.139 e. The molecule has 20 heavy (non-hydrogen) atoms. The van der Waals surface area contributed by atoms with Crippen molar-refractivity contribution in [1.29, 1.82) is 0 Å². The fourth-order valence-electron chi connectivity index (χ4n) is 2.05. The molecule has 2 heterocycles. The summed E-state index contributed by atoms with van der Waals surface area (Å²) in [5.74, 6) is 0.579. The van der Waals surface area contributed by atoms with Gasteiger partial charge in [0.2, 0.25) is 0 Å². The summed E-state index contributed by atoms with van der Waals surface area (Å²) < 4.78 is 20.4. The van der Waals surface area contributed by atoms with Crippen molar-refractivity contribution in [3.63, 3.8) is 0 Å². The van der Waals surface area contributed by atoms with E-state index in [1.54, 1.807) is 10.5 Å². The number of ether oxygens (including phenoxy) is 1. The summed E-state index contributed by atoms with van der Waals surface area (Å²) in [6, 6.07) is 10.8. The fraction of sp³-hybridized carbons (Fsp3) is 0.188. The van der Waals surface area contributed by atoms with Gasteiger partial charge in [0.15, 0.2) is 0 Å². The molecule has 0 saturated carbocycles. The maximum atomic E-state index is 13.2. The third kappa shape index (κ3) is 2.50. The predicted octanol–water partition coefficient (Wildman–Crippen LogP) is 3.93. The van der Waals surface area contributed by atoms with Crippen LogP contribution < -0.4 is 4.74 Å². The highest BCUT2D eigenvalue weighted by molar-refractivity contribution is 5.63. The van der Waals surface area contributed by atoms with Crippen LogP contribution in [-0.4, -0.2) is 16.0 Å². The van der Waals surface area contributed by atoms with E-state index in [-0.39, 0.29) is 5.82 Å². The normalized spacial score (nSPS) is 10.9. The van der Waals surface area contributed by atoms with Gasteiger partial charge in [-0.3, -0.25) is 0 Å². The van der Waals surface area contributed by atoms with Crippen LogP contribution in [0.5, 0.6) is 5.75 Å². The van der Waals surface area contributed by atoms with Crippen molar-refractivity contribution in [3.05, 3.63) is 54.6 Å². The van der Waals surface area contributed by atoms with Crippen molar-refractivity contribution in [2.75, 3.05) is 6.61 Å². The number of hydrogen-bond donors (Lipinski definition) is 0. The summed E-state index contributed by atoms with van der Waals surface area (Å²) in [6.45, 7) is 2.79. The summed E-state index contributed by atoms with van der Waals surface area (Å²) in [7, 11) is 0. The molecule has 3 aromatic rings. The number of fused-ring (bicyclic) bond motifs is 1. The zero-order valence-electron chi connectivity index (χ0n) is 11.2. The monoisotopic (exact) mass is 270 g/mol. The van der Waals surface area contributed by atoms with Gasteiger partial charge in [-0.1, -0.05) is 6.92 Å². The first kappa shape index (κ1) is 12.7. The van der Waals surface area contributed by atoms with Crippen molar-refractivity contribution in [3.8, 4) is 17.0 Å². The Balaban J connectivity index is 1.90. The summed E-state index contributed by atoms with van der Waals surface area (Å²) in [5, 5.41) is 0. The molecule has 2 aromatic heterocycles. The van der Waals surface area contributed by atoms with E-state index in [2.05, 4.69) is 11.9 Å². The molecule has 0 fully saturated rings. The predicted molar refractivity (Wildman–Crippen MR) is 76.4 cm³/mol. The fourth-order valence-corrected chi connectivity index (χ4v) is 2.05. The first-order valence-electron chi connectivity index (χ1n) is 6.64. The van der Waals surface area contributed by atoms with Crippen LogP contribution >= 0.6 is 0 Å². The Labute approximate surface area is 116 Å². The zero-order valence-corrected chi connectivity index (χ0v) is 11.2. The van der Waals surface area contributed by atoms with Crippen molar-refractivity contribution >= 4 is 5.65 Å². The average molecular weight is 270 g/mol. The Morgan fingerprint density at radius 1 is 1.10 bits per heavy atom. The number of nitrogens with zero attached hydrogens (tertiary/aromatic N) is 2. The molecule has 3 nitrogen and oxygen atoms in total. The molecule has 0 N–H and O–H groups in total. The van der Waals surface area contributed by atoms with E-state index in [9.17, 15) is 4.39 Å². The molecule has 3 rings (SSSR count). The number of hydrogen-bond acceptors (Lipinski definition) is 2. The second-order valence-corrected chi connectivity index (χ2v) is 4.61. The third-order valence-electron chi connectivity index (χ3n) is 3.04. The second-order valence-electron chi connectivity index (χ2n) is 4.61. The molecule has 0 spiro atoms. The molecule has 0 bridgehead atoms. The van der Waals surface area contributed by atoms with Crippen LogP contribution in [0.25, 0.3) is 16.9 Å². The SMILES string of the molecule is CCCOc1ccc(-c2cn3cc(F)ccc3n2)cc1. The number of benzene rings is 1. The van der Waals surface area contributed by atoms with Gasteiger partial charge in [-0.05, 0) is 42.8 Å². The van der Waals surface area contributed by atoms with Gasteiger partial charge < -0.3 is 9.14 Å². The molecular weight excluding hydrogens is 255 g/mol. The average Bonchev–Trinajstić information content (AvgIpc) is 2.88. The molecule has 102 valence electrons. The molecule has 0 aliphatic heterocycles. The van der Waals surface area contributed by atoms with Crippen molar-refractivity contribution in [2.45, 2.75) is 13.3 Å². The van der Waals surface area contributed by atoms with E-state index in [0.717, 1.165) is 29.1 Å². The van der Waals surface area contributed by atoms with Crippen LogP contribution in [0.1, 0.15) is 13.3 Å². The van der Waals surface area contributed by atoms with Crippen molar-refractivity contribution in [1.82, 2.24) is 9.38 Å². The molecule has 0 aliphatic rings. The Kier molecular flexibility index (Phi) is 3.37. The summed E-state index contributed by atoms with van der Waals surface area (Å²) in [6.07, 6.45) is 4.23. The topological polar surface area (TPSA) is 26.5 Å². The number of imidazole rings is 1. The molecule has 0 atom stereocenters. The number of pyridine rings is 1. The quantitative estimate of drug-likeness (QED) is 0.718. The lowest BCUT2D eigenvalue weighted by atomic mass is 10.2. The maximum absolute atomic E-state index is 13.2. The second kappa shape index (κ2) is 5.33. The Bertz CT molecular complexity index is 719. The number of halogens is 1. The van der Waals surface area contributed by atoms with E-state index in [4.69, 9.17) is 4.74 Å². The van der Waals surface area contributed by atoms with Gasteiger partial charge in [0.05, 0.1) is 12.3 Å². The van der Waals surface area contributed by atoms with E-state index >= 15 is 0 Å². The van der Waals surface area contributed by atoms with Gasteiger partial charge in [0.1, 0.15) is 17.2 Å². The standard InChI is InChI=1S/C16H15FN2O/c1-2-9-20-14-6-3-12(4-7-14)15-11-19-10-13(17)5-8-16(19)18-15/h3-8,10-11H,2,9H2,1H3. The Hall–Kier alpha value is -2.36. The first-order chi connectivity index (χ1) is 9.76. The molecule has 0 amide bonds. The van der Waals surface area contributed by atoms with Crippen LogP contribution in [0, 0.1) is 5.82 Å². The van der Waals surface area contributed by atoms with Crippen LogP contribution in [-0.2, 0) is 0 Å². The van der Waals surface area contributed by atoms with Crippen molar-refractivity contribution in [2.24, 2.45) is 0 Å². The van der Waals surface area contributed by atoms with Gasteiger partial charge in [0, 0.05) is 18.0 Å². The minimum Gasteiger partial charge on any atom is -0.494 e. The number of rotatable bonds is 4. The summed E-state index contributed by atoms with van der Waals surface area (Å²) in [4.78, 5) is 4.47. The highest BCUT2D eigenvalue weighted by Crippen LogP contribution is 2.22. The van der Waals surface area contributed by atoms with Gasteiger partial charge in [0.25, 0.3) is 0 Å². The lowest BCUT2D eigenvalue weighted by Crippen LogP contribution is -1.94. The van der Waals surface area contributed by atoms with Gasteiger partial charge >= 0.3 is 0 Å². The summed E-state index contributed by atoms with van der Waals surface area (Å²) in [5.41, 5.74) is 2.53. The lowest BCUT2D eigenvalue weighted by Gasteiger charge is -2.04. The van der Waals surface area contributed by atoms with Gasteiger partial charge in [-0.2, -0.15) is 0 Å². The van der Waals surface area contributed by atoms with Crippen LogP contribution in [0.4, 0.5) is 4.39 Å². The van der Waals surface area contributed by atoms with Crippen LogP contribution in [0.2, 0.25) is 0 Å². The molecular formula is C16H15FN2O. The van der Waals surface area contributed by atoms with Gasteiger partial charge in [-0.25, -0.2) is 9.37 Å². The molecule has 1 aromatic carbocycles. The van der Waals surface area contributed by atoms with Gasteiger partial charge in [-0.15, -0.1) is 0 Å². The molecule has 0 aliphatic carbocycles. The van der Waals surface area contributed by atoms with E-state index < -0.39 is 0 Å². The molecule has 0 saturated heterocycles. The molecule has 4 heteroatoms. The third-order valence-corrected chi connectivity index (χ3v) is 3.04. The van der Waals surface area contributed by atoms with Crippen LogP contribution in [0.15, 0.2) is 48.8 Å². The van der Waals surface area contributed by atoms with Crippen molar-refractivity contribution < 1.29 is 9.13 Å². The van der Waals surface area contributed by atoms with E-state index in [1.165, 1.54) is 12.3 Å². The molecule has 0 unspecified atom stereocenters. The highest BCUT2D eigenvalue weighted by atomic mass is 19.1. The Morgan fingerprint density at radius 3 is 2.65 bits per heavy atom. The number of aromatic nitrogens is 2. The first-order valence-corrected chi connectivity index (χ1v) is 6.64. The van der Waals surface area contributed by atoms with E-state index in [0.29, 0.717) is 6.61 Å². The zero-order chi connectivity index (χ0) is 13.9. The summed E-state index contributed by atoms with van der Waals surface area (Å²) >= 11 is 0. The largest absolute Gasteiger partial charge is 0.494 e. The van der Waals surface area contributed by atoms with E-state index in [1.807, 2.05) is 30.5 Å². The minimum atomic E-state index is -0.273. The lowest BCUT2D eigenvalue weighted by molar-refractivity contribution is 0.317.